The number of nitrogens with one attached hydrogen (secondary N) is 1. The van der Waals surface area contributed by atoms with Crippen molar-refractivity contribution in [2.45, 2.75) is 0 Å². The van der Waals surface area contributed by atoms with Gasteiger partial charge in [0.1, 0.15) is 11.6 Å². The number of nitrogens with zero attached hydrogens (tertiary/aromatic N) is 1. The van der Waals surface area contributed by atoms with E-state index < -0.39 is 5.97 Å². The fourth-order valence-electron chi connectivity index (χ4n) is 2.12. The first-order valence-electron chi connectivity index (χ1n) is 6.05. The first-order valence-corrected chi connectivity index (χ1v) is 6.05. The first kappa shape index (κ1) is 12.2. The van der Waals surface area contributed by atoms with Crippen molar-refractivity contribution < 1.29 is 14.6 Å². The van der Waals surface area contributed by atoms with Gasteiger partial charge in [-0.3, -0.25) is 0 Å². The molecular weight excluding hydrogens is 256 g/mol. The molecule has 0 unspecified atom stereocenters. The zero-order chi connectivity index (χ0) is 14.1. The Bertz CT molecular complexity index is 793. The summed E-state index contributed by atoms with van der Waals surface area (Å²) in [5.41, 5.74) is 2.36. The standard InChI is InChI=1S/C15H12N2O3/c1-20-9-6-7-12-13(8-9)17-14(16-12)10-4-2-3-5-11(10)15(18)19/h2-8H,1H3,(H,16,17)(H,18,19). The molecule has 20 heavy (non-hydrogen) atoms. The maximum atomic E-state index is 11.2. The van der Waals surface area contributed by atoms with Crippen LogP contribution in [-0.4, -0.2) is 28.2 Å². The highest BCUT2D eigenvalue weighted by Gasteiger charge is 2.14. The molecular formula is C15H12N2O3. The van der Waals surface area contributed by atoms with E-state index in [1.54, 1.807) is 31.4 Å². The van der Waals surface area contributed by atoms with Crippen LogP contribution in [0.25, 0.3) is 22.4 Å². The number of rotatable bonds is 3. The summed E-state index contributed by atoms with van der Waals surface area (Å²) in [6.07, 6.45) is 0. The van der Waals surface area contributed by atoms with Crippen LogP contribution in [0.3, 0.4) is 0 Å². The van der Waals surface area contributed by atoms with E-state index >= 15 is 0 Å². The van der Waals surface area contributed by atoms with Gasteiger partial charge < -0.3 is 14.8 Å². The molecule has 2 N–H and O–H groups in total. The Morgan fingerprint density at radius 3 is 2.80 bits per heavy atom. The van der Waals surface area contributed by atoms with Crippen LogP contribution in [0, 0.1) is 0 Å². The summed E-state index contributed by atoms with van der Waals surface area (Å²) >= 11 is 0. The number of imidazole rings is 1. The summed E-state index contributed by atoms with van der Waals surface area (Å²) in [5.74, 6) is 0.282. The predicted octanol–water partition coefficient (Wildman–Crippen LogP) is 2.94. The number of hydrogen-bond donors (Lipinski definition) is 2. The lowest BCUT2D eigenvalue weighted by Gasteiger charge is -2.01. The van der Waals surface area contributed by atoms with Crippen LogP contribution in [0.1, 0.15) is 10.4 Å². The molecule has 0 aliphatic heterocycles. The summed E-state index contributed by atoms with van der Waals surface area (Å²) in [6.45, 7) is 0. The molecule has 3 aromatic rings. The molecule has 1 heterocycles. The van der Waals surface area contributed by atoms with Gasteiger partial charge in [-0.1, -0.05) is 18.2 Å². The second kappa shape index (κ2) is 4.70. The number of benzene rings is 2. The Labute approximate surface area is 114 Å². The maximum absolute atomic E-state index is 11.2. The Morgan fingerprint density at radius 1 is 1.25 bits per heavy atom. The molecule has 0 spiro atoms. The van der Waals surface area contributed by atoms with Crippen LogP contribution in [0.5, 0.6) is 5.75 Å². The third-order valence-electron chi connectivity index (χ3n) is 3.10. The molecule has 0 aliphatic rings. The van der Waals surface area contributed by atoms with Crippen molar-refractivity contribution >= 4 is 17.0 Å². The van der Waals surface area contributed by atoms with Crippen molar-refractivity contribution in [1.82, 2.24) is 9.97 Å². The number of carboxylic acid groups (broad SMARTS) is 1. The van der Waals surface area contributed by atoms with Crippen molar-refractivity contribution in [3.05, 3.63) is 48.0 Å². The molecule has 5 heteroatoms. The van der Waals surface area contributed by atoms with Crippen molar-refractivity contribution in [2.75, 3.05) is 7.11 Å². The number of methoxy groups -OCH3 is 1. The van der Waals surface area contributed by atoms with E-state index in [2.05, 4.69) is 9.97 Å². The Kier molecular flexibility index (Phi) is 2.87. The highest BCUT2D eigenvalue weighted by atomic mass is 16.5. The van der Waals surface area contributed by atoms with Gasteiger partial charge in [0.05, 0.1) is 23.7 Å². The maximum Gasteiger partial charge on any atom is 0.336 e. The van der Waals surface area contributed by atoms with Gasteiger partial charge in [-0.05, 0) is 18.2 Å². The molecule has 2 aromatic carbocycles. The SMILES string of the molecule is COc1ccc2nc(-c3ccccc3C(=O)O)[nH]c2c1. The molecule has 0 saturated carbocycles. The highest BCUT2D eigenvalue weighted by molar-refractivity contribution is 5.96. The molecule has 0 bridgehead atoms. The van der Waals surface area contributed by atoms with E-state index in [1.165, 1.54) is 0 Å². The van der Waals surface area contributed by atoms with Crippen LogP contribution in [0.15, 0.2) is 42.5 Å². The van der Waals surface area contributed by atoms with Crippen molar-refractivity contribution in [3.63, 3.8) is 0 Å². The monoisotopic (exact) mass is 268 g/mol. The molecule has 3 rings (SSSR count). The lowest BCUT2D eigenvalue weighted by molar-refractivity contribution is 0.0697. The van der Waals surface area contributed by atoms with Crippen LogP contribution in [0.2, 0.25) is 0 Å². The van der Waals surface area contributed by atoms with Gasteiger partial charge in [0, 0.05) is 11.6 Å². The topological polar surface area (TPSA) is 75.2 Å². The van der Waals surface area contributed by atoms with Crippen LogP contribution < -0.4 is 4.74 Å². The minimum absolute atomic E-state index is 0.221. The predicted molar refractivity (Wildman–Crippen MR) is 75.0 cm³/mol. The average Bonchev–Trinajstić information content (AvgIpc) is 2.89. The van der Waals surface area contributed by atoms with E-state index in [9.17, 15) is 9.90 Å². The molecule has 1 aromatic heterocycles. The van der Waals surface area contributed by atoms with Gasteiger partial charge in [-0.2, -0.15) is 0 Å². The summed E-state index contributed by atoms with van der Waals surface area (Å²) < 4.78 is 5.16. The fourth-order valence-corrected chi connectivity index (χ4v) is 2.12. The zero-order valence-electron chi connectivity index (χ0n) is 10.8. The number of fused-ring (bicyclic) bond motifs is 1. The van der Waals surface area contributed by atoms with Crippen LogP contribution >= 0.6 is 0 Å². The van der Waals surface area contributed by atoms with E-state index in [0.717, 1.165) is 16.8 Å². The minimum atomic E-state index is -0.973. The van der Waals surface area contributed by atoms with Gasteiger partial charge in [-0.25, -0.2) is 9.78 Å². The number of hydrogen-bond acceptors (Lipinski definition) is 3. The Hall–Kier alpha value is -2.82. The smallest absolute Gasteiger partial charge is 0.336 e. The highest BCUT2D eigenvalue weighted by Crippen LogP contribution is 2.25. The average molecular weight is 268 g/mol. The molecule has 0 fully saturated rings. The lowest BCUT2D eigenvalue weighted by Crippen LogP contribution is -1.99. The molecule has 100 valence electrons. The van der Waals surface area contributed by atoms with E-state index in [1.807, 2.05) is 18.2 Å². The van der Waals surface area contributed by atoms with Gasteiger partial charge in [0.2, 0.25) is 0 Å². The third-order valence-corrected chi connectivity index (χ3v) is 3.10. The molecule has 0 aliphatic carbocycles. The third kappa shape index (κ3) is 1.99. The van der Waals surface area contributed by atoms with Crippen molar-refractivity contribution in [3.8, 4) is 17.1 Å². The fraction of sp³-hybridized carbons (Fsp3) is 0.0667. The number of carboxylic acids is 1. The van der Waals surface area contributed by atoms with Gasteiger partial charge in [0.25, 0.3) is 0 Å². The van der Waals surface area contributed by atoms with E-state index in [0.29, 0.717) is 11.4 Å². The zero-order valence-corrected chi connectivity index (χ0v) is 10.8. The molecule has 0 atom stereocenters. The summed E-state index contributed by atoms with van der Waals surface area (Å²) in [7, 11) is 1.60. The first-order chi connectivity index (χ1) is 9.69. The molecule has 0 radical (unpaired) electrons. The van der Waals surface area contributed by atoms with E-state index in [-0.39, 0.29) is 5.56 Å². The van der Waals surface area contributed by atoms with Crippen molar-refractivity contribution in [2.24, 2.45) is 0 Å². The largest absolute Gasteiger partial charge is 0.497 e. The number of aromatic nitrogens is 2. The quantitative estimate of drug-likeness (QED) is 0.765. The van der Waals surface area contributed by atoms with Crippen LogP contribution in [-0.2, 0) is 0 Å². The van der Waals surface area contributed by atoms with E-state index in [4.69, 9.17) is 4.74 Å². The number of H-pyrrole nitrogens is 1. The minimum Gasteiger partial charge on any atom is -0.497 e. The second-order valence-electron chi connectivity index (χ2n) is 4.32. The summed E-state index contributed by atoms with van der Waals surface area (Å²) in [5, 5.41) is 9.22. The van der Waals surface area contributed by atoms with Crippen LogP contribution in [0.4, 0.5) is 0 Å². The number of carbonyl (C=O) groups is 1. The van der Waals surface area contributed by atoms with Gasteiger partial charge in [-0.15, -0.1) is 0 Å². The summed E-state index contributed by atoms with van der Waals surface area (Å²) in [6, 6.07) is 12.3. The lowest BCUT2D eigenvalue weighted by atomic mass is 10.1. The number of aromatic amines is 1. The molecule has 0 saturated heterocycles. The second-order valence-corrected chi connectivity index (χ2v) is 4.32. The Morgan fingerprint density at radius 2 is 2.05 bits per heavy atom. The summed E-state index contributed by atoms with van der Waals surface area (Å²) in [4.78, 5) is 18.8. The Balaban J connectivity index is 2.18. The van der Waals surface area contributed by atoms with Gasteiger partial charge in [0.15, 0.2) is 0 Å². The number of ether oxygens (including phenoxy) is 1. The molecule has 0 amide bonds. The van der Waals surface area contributed by atoms with Crippen molar-refractivity contribution in [1.29, 1.82) is 0 Å². The molecule has 5 nitrogen and oxygen atoms in total. The normalized spacial score (nSPS) is 10.7. The van der Waals surface area contributed by atoms with Gasteiger partial charge >= 0.3 is 5.97 Å². The number of aromatic carboxylic acids is 1.